The quantitative estimate of drug-likeness (QED) is 0.705. The van der Waals surface area contributed by atoms with Gasteiger partial charge in [-0.25, -0.2) is 8.42 Å². The first-order chi connectivity index (χ1) is 10.6. The first-order valence-corrected chi connectivity index (χ1v) is 8.54. The van der Waals surface area contributed by atoms with Crippen LogP contribution in [0.1, 0.15) is 13.8 Å². The monoisotopic (exact) mass is 353 g/mol. The van der Waals surface area contributed by atoms with E-state index in [9.17, 15) is 26.4 Å². The molecule has 23 heavy (non-hydrogen) atoms. The SMILES string of the molecule is CCOC(=O)CN(CC(F)(F)F)c1ccc(S(=O)(=O)CC)cc1. The molecule has 0 aliphatic rings. The highest BCUT2D eigenvalue weighted by Crippen LogP contribution is 2.24. The Morgan fingerprint density at radius 3 is 2.17 bits per heavy atom. The Balaban J connectivity index is 3.04. The van der Waals surface area contributed by atoms with Gasteiger partial charge >= 0.3 is 12.1 Å². The zero-order chi connectivity index (χ0) is 17.7. The number of carbonyl (C=O) groups is 1. The minimum atomic E-state index is -4.51. The predicted molar refractivity (Wildman–Crippen MR) is 79.1 cm³/mol. The lowest BCUT2D eigenvalue weighted by molar-refractivity contribution is -0.142. The lowest BCUT2D eigenvalue weighted by atomic mass is 10.3. The molecular formula is C14H18F3NO4S. The molecule has 0 amide bonds. The van der Waals surface area contributed by atoms with E-state index in [2.05, 4.69) is 4.74 Å². The Hall–Kier alpha value is -1.77. The molecule has 0 atom stereocenters. The summed E-state index contributed by atoms with van der Waals surface area (Å²) in [6, 6.07) is 4.94. The predicted octanol–water partition coefficient (Wildman–Crippen LogP) is 2.41. The molecule has 1 rings (SSSR count). The van der Waals surface area contributed by atoms with Gasteiger partial charge in [0.05, 0.1) is 17.3 Å². The number of hydrogen-bond acceptors (Lipinski definition) is 5. The van der Waals surface area contributed by atoms with E-state index in [4.69, 9.17) is 0 Å². The van der Waals surface area contributed by atoms with Crippen molar-refractivity contribution >= 4 is 21.5 Å². The van der Waals surface area contributed by atoms with Crippen molar-refractivity contribution in [3.63, 3.8) is 0 Å². The maximum atomic E-state index is 12.7. The average molecular weight is 353 g/mol. The van der Waals surface area contributed by atoms with Crippen molar-refractivity contribution in [1.29, 1.82) is 0 Å². The zero-order valence-corrected chi connectivity index (χ0v) is 13.6. The molecule has 9 heteroatoms. The fourth-order valence-electron chi connectivity index (χ4n) is 1.85. The maximum Gasteiger partial charge on any atom is 0.405 e. The van der Waals surface area contributed by atoms with Crippen LogP contribution in [-0.2, 0) is 19.4 Å². The second kappa shape index (κ2) is 7.67. The van der Waals surface area contributed by atoms with Crippen molar-refractivity contribution in [3.05, 3.63) is 24.3 Å². The highest BCUT2D eigenvalue weighted by Gasteiger charge is 2.32. The molecule has 0 N–H and O–H groups in total. The van der Waals surface area contributed by atoms with Crippen molar-refractivity contribution in [2.45, 2.75) is 24.9 Å². The summed E-state index contributed by atoms with van der Waals surface area (Å²) in [5.74, 6) is -0.899. The van der Waals surface area contributed by atoms with Gasteiger partial charge in [-0.2, -0.15) is 13.2 Å². The summed E-state index contributed by atoms with van der Waals surface area (Å²) in [5, 5.41) is 0. The van der Waals surface area contributed by atoms with Crippen LogP contribution in [0, 0.1) is 0 Å². The first-order valence-electron chi connectivity index (χ1n) is 6.89. The maximum absolute atomic E-state index is 12.7. The number of rotatable bonds is 7. The third-order valence-electron chi connectivity index (χ3n) is 2.94. The van der Waals surface area contributed by atoms with Crippen molar-refractivity contribution in [3.8, 4) is 0 Å². The lowest BCUT2D eigenvalue weighted by Gasteiger charge is -2.25. The van der Waals surface area contributed by atoms with Crippen LogP contribution in [0.25, 0.3) is 0 Å². The molecule has 0 aromatic heterocycles. The van der Waals surface area contributed by atoms with Gasteiger partial charge in [0, 0.05) is 5.69 Å². The average Bonchev–Trinajstić information content (AvgIpc) is 2.45. The zero-order valence-electron chi connectivity index (χ0n) is 12.8. The third kappa shape index (κ3) is 6.09. The van der Waals surface area contributed by atoms with E-state index < -0.39 is 35.1 Å². The highest BCUT2D eigenvalue weighted by molar-refractivity contribution is 7.91. The molecule has 0 bridgehead atoms. The molecule has 0 fully saturated rings. The largest absolute Gasteiger partial charge is 0.465 e. The normalized spacial score (nSPS) is 12.0. The molecule has 0 aliphatic carbocycles. The van der Waals surface area contributed by atoms with Gasteiger partial charge < -0.3 is 9.64 Å². The molecule has 1 aromatic carbocycles. The highest BCUT2D eigenvalue weighted by atomic mass is 32.2. The minimum Gasteiger partial charge on any atom is -0.465 e. The number of sulfone groups is 1. The number of nitrogens with zero attached hydrogens (tertiary/aromatic N) is 1. The minimum absolute atomic E-state index is 0.0202. The molecule has 0 saturated heterocycles. The molecular weight excluding hydrogens is 335 g/mol. The van der Waals surface area contributed by atoms with Gasteiger partial charge in [0.25, 0.3) is 0 Å². The third-order valence-corrected chi connectivity index (χ3v) is 4.69. The number of benzene rings is 1. The van der Waals surface area contributed by atoms with E-state index in [1.807, 2.05) is 0 Å². The van der Waals surface area contributed by atoms with E-state index in [-0.39, 0.29) is 22.9 Å². The fraction of sp³-hybridized carbons (Fsp3) is 0.500. The Labute approximate surface area is 133 Å². The van der Waals surface area contributed by atoms with Crippen molar-refractivity contribution in [1.82, 2.24) is 0 Å². The van der Waals surface area contributed by atoms with Crippen molar-refractivity contribution in [2.24, 2.45) is 0 Å². The van der Waals surface area contributed by atoms with Crippen LogP contribution in [-0.4, -0.2) is 46.0 Å². The van der Waals surface area contributed by atoms with Gasteiger partial charge in [-0.1, -0.05) is 6.92 Å². The van der Waals surface area contributed by atoms with Crippen LogP contribution in [0.2, 0.25) is 0 Å². The van der Waals surface area contributed by atoms with Gasteiger partial charge in [0.15, 0.2) is 9.84 Å². The fourth-order valence-corrected chi connectivity index (χ4v) is 2.73. The molecule has 0 saturated carbocycles. The van der Waals surface area contributed by atoms with Crippen LogP contribution in [0.3, 0.4) is 0 Å². The Morgan fingerprint density at radius 2 is 1.74 bits per heavy atom. The summed E-state index contributed by atoms with van der Waals surface area (Å²) < 4.78 is 66.1. The van der Waals surface area contributed by atoms with E-state index in [0.717, 1.165) is 4.90 Å². The summed E-state index contributed by atoms with van der Waals surface area (Å²) in [6.45, 7) is 1.17. The topological polar surface area (TPSA) is 63.7 Å². The smallest absolute Gasteiger partial charge is 0.405 e. The van der Waals surface area contributed by atoms with Gasteiger partial charge in [-0.05, 0) is 31.2 Å². The summed E-state index contributed by atoms with van der Waals surface area (Å²) in [4.78, 5) is 12.3. The molecule has 0 aliphatic heterocycles. The van der Waals surface area contributed by atoms with E-state index in [1.54, 1.807) is 6.92 Å². The molecule has 0 unspecified atom stereocenters. The first kappa shape index (κ1) is 19.3. The molecule has 0 radical (unpaired) electrons. The van der Waals surface area contributed by atoms with Gasteiger partial charge in [-0.15, -0.1) is 0 Å². The van der Waals surface area contributed by atoms with Crippen LogP contribution >= 0.6 is 0 Å². The number of alkyl halides is 3. The van der Waals surface area contributed by atoms with Crippen LogP contribution in [0.4, 0.5) is 18.9 Å². The molecule has 130 valence electrons. The molecule has 0 heterocycles. The summed E-state index contributed by atoms with van der Waals surface area (Å²) in [7, 11) is -3.44. The van der Waals surface area contributed by atoms with E-state index in [0.29, 0.717) is 0 Å². The van der Waals surface area contributed by atoms with Crippen LogP contribution in [0.5, 0.6) is 0 Å². The Kier molecular flexibility index (Phi) is 6.43. The van der Waals surface area contributed by atoms with E-state index >= 15 is 0 Å². The van der Waals surface area contributed by atoms with Gasteiger partial charge in [0.2, 0.25) is 0 Å². The van der Waals surface area contributed by atoms with Crippen LogP contribution < -0.4 is 4.90 Å². The second-order valence-electron chi connectivity index (χ2n) is 4.67. The Bertz CT molecular complexity index is 626. The number of ether oxygens (including phenoxy) is 1. The number of carbonyl (C=O) groups excluding carboxylic acids is 1. The van der Waals surface area contributed by atoms with Gasteiger partial charge in [0.1, 0.15) is 13.1 Å². The summed E-state index contributed by atoms with van der Waals surface area (Å²) in [5.41, 5.74) is 0.0884. The van der Waals surface area contributed by atoms with Crippen LogP contribution in [0.15, 0.2) is 29.2 Å². The number of esters is 1. The number of anilines is 1. The summed E-state index contributed by atoms with van der Waals surface area (Å²) >= 11 is 0. The molecule has 1 aromatic rings. The second-order valence-corrected chi connectivity index (χ2v) is 6.95. The number of halogens is 3. The van der Waals surface area contributed by atoms with Crippen molar-refractivity contribution < 1.29 is 31.1 Å². The molecule has 0 spiro atoms. The number of hydrogen-bond donors (Lipinski definition) is 0. The molecule has 5 nitrogen and oxygen atoms in total. The van der Waals surface area contributed by atoms with E-state index in [1.165, 1.54) is 31.2 Å². The summed E-state index contributed by atoms with van der Waals surface area (Å²) in [6.07, 6.45) is -4.51. The Morgan fingerprint density at radius 1 is 1.17 bits per heavy atom. The van der Waals surface area contributed by atoms with Gasteiger partial charge in [-0.3, -0.25) is 4.79 Å². The lowest BCUT2D eigenvalue weighted by Crippen LogP contribution is -2.38. The van der Waals surface area contributed by atoms with Crippen molar-refractivity contribution in [2.75, 3.05) is 30.3 Å². The standard InChI is InChI=1S/C14H18F3NO4S/c1-3-22-13(19)9-18(10-14(15,16)17)11-5-7-12(8-6-11)23(20,21)4-2/h5-8H,3-4,9-10H2,1-2H3.